The van der Waals surface area contributed by atoms with E-state index in [4.69, 9.17) is 9.68 Å². The lowest BCUT2D eigenvalue weighted by Gasteiger charge is -2.20. The molecule has 4 heteroatoms. The average molecular weight is 214 g/mol. The summed E-state index contributed by atoms with van der Waals surface area (Å²) in [5.41, 5.74) is 0.547. The topological polar surface area (TPSA) is 60.4 Å². The van der Waals surface area contributed by atoms with E-state index in [0.717, 1.165) is 5.06 Å². The molecule has 2 aromatic rings. The number of benzene rings is 1. The van der Waals surface area contributed by atoms with Gasteiger partial charge in [0, 0.05) is 0 Å². The van der Waals surface area contributed by atoms with Crippen LogP contribution < -0.4 is 5.06 Å². The van der Waals surface area contributed by atoms with Gasteiger partial charge in [-0.05, 0) is 24.3 Å². The van der Waals surface area contributed by atoms with Crippen LogP contribution in [0.5, 0.6) is 0 Å². The van der Waals surface area contributed by atoms with Crippen molar-refractivity contribution in [3.05, 3.63) is 54.5 Å². The van der Waals surface area contributed by atoms with Gasteiger partial charge in [0.15, 0.2) is 6.04 Å². The van der Waals surface area contributed by atoms with Crippen LogP contribution in [0.4, 0.5) is 5.69 Å². The molecule has 0 aliphatic carbocycles. The van der Waals surface area contributed by atoms with Gasteiger partial charge in [0.05, 0.1) is 18.0 Å². The van der Waals surface area contributed by atoms with Gasteiger partial charge in [0.25, 0.3) is 0 Å². The molecule has 0 spiro atoms. The molecule has 0 bridgehead atoms. The van der Waals surface area contributed by atoms with Gasteiger partial charge in [-0.1, -0.05) is 18.2 Å². The Morgan fingerprint density at radius 2 is 1.94 bits per heavy atom. The van der Waals surface area contributed by atoms with Gasteiger partial charge in [-0.2, -0.15) is 5.26 Å². The van der Waals surface area contributed by atoms with E-state index in [9.17, 15) is 5.21 Å². The summed E-state index contributed by atoms with van der Waals surface area (Å²) in [5.74, 6) is 0.411. The van der Waals surface area contributed by atoms with E-state index < -0.39 is 6.04 Å². The maximum absolute atomic E-state index is 9.90. The molecule has 16 heavy (non-hydrogen) atoms. The smallest absolute Gasteiger partial charge is 0.199 e. The predicted octanol–water partition coefficient (Wildman–Crippen LogP) is 2.74. The molecule has 0 fully saturated rings. The third kappa shape index (κ3) is 1.90. The van der Waals surface area contributed by atoms with Crippen molar-refractivity contribution in [2.45, 2.75) is 6.04 Å². The Kier molecular flexibility index (Phi) is 2.90. The maximum Gasteiger partial charge on any atom is 0.199 e. The molecular weight excluding hydrogens is 204 g/mol. The number of para-hydroxylation sites is 1. The highest BCUT2D eigenvalue weighted by Gasteiger charge is 2.21. The lowest BCUT2D eigenvalue weighted by Crippen LogP contribution is -2.23. The van der Waals surface area contributed by atoms with E-state index in [1.54, 1.807) is 36.4 Å². The van der Waals surface area contributed by atoms with Crippen LogP contribution in [0, 0.1) is 11.3 Å². The molecular formula is C12H10N2O2. The molecule has 0 saturated carbocycles. The normalized spacial score (nSPS) is 11.8. The van der Waals surface area contributed by atoms with E-state index >= 15 is 0 Å². The molecule has 1 N–H and O–H groups in total. The zero-order chi connectivity index (χ0) is 11.4. The Morgan fingerprint density at radius 1 is 1.19 bits per heavy atom. The van der Waals surface area contributed by atoms with Crippen LogP contribution in [-0.2, 0) is 0 Å². The largest absolute Gasteiger partial charge is 0.466 e. The highest BCUT2D eigenvalue weighted by Crippen LogP contribution is 2.24. The summed E-state index contributed by atoms with van der Waals surface area (Å²) >= 11 is 0. The van der Waals surface area contributed by atoms with E-state index in [1.165, 1.54) is 6.26 Å². The molecule has 1 unspecified atom stereocenters. The number of nitrogens with zero attached hydrogens (tertiary/aromatic N) is 2. The minimum Gasteiger partial charge on any atom is -0.466 e. The number of anilines is 1. The van der Waals surface area contributed by atoms with Crippen molar-refractivity contribution in [3.8, 4) is 6.07 Å². The lowest BCUT2D eigenvalue weighted by molar-refractivity contribution is 0.224. The molecule has 80 valence electrons. The predicted molar refractivity (Wildman–Crippen MR) is 57.8 cm³/mol. The van der Waals surface area contributed by atoms with E-state index in [-0.39, 0.29) is 0 Å². The number of hydroxylamine groups is 1. The van der Waals surface area contributed by atoms with Crippen LogP contribution in [0.25, 0.3) is 0 Å². The Labute approximate surface area is 92.9 Å². The summed E-state index contributed by atoms with van der Waals surface area (Å²) in [6.45, 7) is 0. The molecule has 1 heterocycles. The van der Waals surface area contributed by atoms with Crippen molar-refractivity contribution >= 4 is 5.69 Å². The van der Waals surface area contributed by atoms with E-state index in [1.807, 2.05) is 12.1 Å². The second kappa shape index (κ2) is 4.51. The Hall–Kier alpha value is -2.25. The molecule has 0 radical (unpaired) electrons. The Balaban J connectivity index is 2.27. The zero-order valence-electron chi connectivity index (χ0n) is 8.45. The van der Waals surface area contributed by atoms with Crippen molar-refractivity contribution in [2.24, 2.45) is 0 Å². The van der Waals surface area contributed by atoms with Crippen LogP contribution in [0.2, 0.25) is 0 Å². The Morgan fingerprint density at radius 3 is 2.50 bits per heavy atom. The molecule has 1 aromatic carbocycles. The van der Waals surface area contributed by atoms with Crippen molar-refractivity contribution < 1.29 is 9.62 Å². The van der Waals surface area contributed by atoms with Gasteiger partial charge < -0.3 is 4.42 Å². The van der Waals surface area contributed by atoms with Crippen LogP contribution in [0.3, 0.4) is 0 Å². The number of rotatable bonds is 3. The van der Waals surface area contributed by atoms with Crippen LogP contribution in [0.1, 0.15) is 11.8 Å². The van der Waals surface area contributed by atoms with Gasteiger partial charge in [-0.25, -0.2) is 5.06 Å². The van der Waals surface area contributed by atoms with Gasteiger partial charge >= 0.3 is 0 Å². The van der Waals surface area contributed by atoms with Gasteiger partial charge in [-0.15, -0.1) is 0 Å². The summed E-state index contributed by atoms with van der Waals surface area (Å²) in [7, 11) is 0. The van der Waals surface area contributed by atoms with Crippen molar-refractivity contribution in [1.29, 1.82) is 5.26 Å². The summed E-state index contributed by atoms with van der Waals surface area (Å²) < 4.78 is 5.10. The van der Waals surface area contributed by atoms with Gasteiger partial charge in [0.1, 0.15) is 5.76 Å². The van der Waals surface area contributed by atoms with Gasteiger partial charge in [0.2, 0.25) is 0 Å². The zero-order valence-corrected chi connectivity index (χ0v) is 8.45. The summed E-state index contributed by atoms with van der Waals surface area (Å²) in [6.07, 6.45) is 1.47. The highest BCUT2D eigenvalue weighted by molar-refractivity contribution is 5.46. The first-order chi connectivity index (χ1) is 7.83. The van der Waals surface area contributed by atoms with Crippen LogP contribution in [0.15, 0.2) is 53.1 Å². The number of hydrogen-bond acceptors (Lipinski definition) is 4. The van der Waals surface area contributed by atoms with Crippen molar-refractivity contribution in [2.75, 3.05) is 5.06 Å². The SMILES string of the molecule is N#CC(c1ccco1)N(O)c1ccccc1. The number of hydrogen-bond donors (Lipinski definition) is 1. The molecule has 0 amide bonds. The standard InChI is InChI=1S/C12H10N2O2/c13-9-11(12-7-4-8-16-12)14(15)10-5-2-1-3-6-10/h1-8,11,15H. The van der Waals surface area contributed by atoms with E-state index in [2.05, 4.69) is 0 Å². The first-order valence-electron chi connectivity index (χ1n) is 4.79. The summed E-state index contributed by atoms with van der Waals surface area (Å²) in [5, 5.41) is 19.8. The minimum atomic E-state index is -0.836. The molecule has 1 atom stereocenters. The number of furan rings is 1. The summed E-state index contributed by atoms with van der Waals surface area (Å²) in [6, 6.07) is 13.3. The van der Waals surface area contributed by atoms with Crippen molar-refractivity contribution in [1.82, 2.24) is 0 Å². The monoisotopic (exact) mass is 214 g/mol. The molecule has 1 aromatic heterocycles. The second-order valence-corrected chi connectivity index (χ2v) is 3.23. The van der Waals surface area contributed by atoms with Crippen molar-refractivity contribution in [3.63, 3.8) is 0 Å². The molecule has 0 aliphatic rings. The third-order valence-corrected chi connectivity index (χ3v) is 2.20. The van der Waals surface area contributed by atoms with E-state index in [0.29, 0.717) is 11.4 Å². The average Bonchev–Trinajstić information content (AvgIpc) is 2.85. The second-order valence-electron chi connectivity index (χ2n) is 3.23. The fraction of sp³-hybridized carbons (Fsp3) is 0.0833. The molecule has 0 aliphatic heterocycles. The fourth-order valence-corrected chi connectivity index (χ4v) is 1.42. The first-order valence-corrected chi connectivity index (χ1v) is 4.79. The van der Waals surface area contributed by atoms with Gasteiger partial charge in [-0.3, -0.25) is 5.21 Å². The molecule has 2 rings (SSSR count). The van der Waals surface area contributed by atoms with Crippen LogP contribution >= 0.6 is 0 Å². The first kappa shape index (κ1) is 10.3. The molecule has 4 nitrogen and oxygen atoms in total. The number of nitriles is 1. The van der Waals surface area contributed by atoms with Crippen LogP contribution in [-0.4, -0.2) is 5.21 Å². The maximum atomic E-state index is 9.90. The lowest BCUT2D eigenvalue weighted by atomic mass is 10.2. The fourth-order valence-electron chi connectivity index (χ4n) is 1.42. The third-order valence-electron chi connectivity index (χ3n) is 2.20. The quantitative estimate of drug-likeness (QED) is 0.798. The molecule has 0 saturated heterocycles. The summed E-state index contributed by atoms with van der Waals surface area (Å²) in [4.78, 5) is 0. The minimum absolute atomic E-state index is 0.411. The Bertz CT molecular complexity index is 473. The highest BCUT2D eigenvalue weighted by atomic mass is 16.5.